The van der Waals surface area contributed by atoms with E-state index in [-0.39, 0.29) is 0 Å². The molecule has 0 amide bonds. The molecule has 1 aromatic rings. The topological polar surface area (TPSA) is 25.2 Å². The first kappa shape index (κ1) is 9.26. The Labute approximate surface area is 77.1 Å². The Morgan fingerprint density at radius 1 is 1.58 bits per heavy atom. The third-order valence-corrected chi connectivity index (χ3v) is 1.93. The third kappa shape index (κ3) is 3.53. The molecule has 0 fully saturated rings. The molecule has 0 saturated heterocycles. The molecule has 0 unspecified atom stereocenters. The van der Waals surface area contributed by atoms with Gasteiger partial charge in [0.25, 0.3) is 0 Å². The Kier molecular flexibility index (Phi) is 4.46. The summed E-state index contributed by atoms with van der Waals surface area (Å²) in [5.74, 6) is 1.07. The molecule has 1 rings (SSSR count). The second-order valence-corrected chi connectivity index (χ2v) is 3.27. The summed E-state index contributed by atoms with van der Waals surface area (Å²) >= 11 is 1.80. The molecule has 0 N–H and O–H groups in total. The number of aliphatic imine (C=N–C) groups is 1. The molecule has 1 heterocycles. The van der Waals surface area contributed by atoms with E-state index in [0.717, 1.165) is 18.0 Å². The maximum absolute atomic E-state index is 4.22. The highest BCUT2D eigenvalue weighted by Gasteiger charge is 1.84. The standard InChI is InChI=1S/C9H12N2S/c1-12-7-6-10-8-9-4-2-3-5-11-9/h2-5,8H,6-7H2,1H3/b10-8+. The number of rotatable bonds is 4. The molecule has 0 radical (unpaired) electrons. The fraction of sp³-hybridized carbons (Fsp3) is 0.333. The lowest BCUT2D eigenvalue weighted by atomic mass is 10.4. The summed E-state index contributed by atoms with van der Waals surface area (Å²) in [4.78, 5) is 8.34. The smallest absolute Gasteiger partial charge is 0.0807 e. The summed E-state index contributed by atoms with van der Waals surface area (Å²) in [5.41, 5.74) is 0.929. The summed E-state index contributed by atoms with van der Waals surface area (Å²) in [6.07, 6.45) is 5.67. The molecule has 0 saturated carbocycles. The highest BCUT2D eigenvalue weighted by Crippen LogP contribution is 1.91. The Morgan fingerprint density at radius 3 is 3.17 bits per heavy atom. The van der Waals surface area contributed by atoms with Gasteiger partial charge in [0, 0.05) is 24.7 Å². The first-order valence-corrected chi connectivity index (χ1v) is 5.22. The van der Waals surface area contributed by atoms with Crippen LogP contribution in [0.2, 0.25) is 0 Å². The number of thioether (sulfide) groups is 1. The van der Waals surface area contributed by atoms with Gasteiger partial charge in [0.15, 0.2) is 0 Å². The van der Waals surface area contributed by atoms with Crippen LogP contribution in [0.3, 0.4) is 0 Å². The van der Waals surface area contributed by atoms with E-state index in [4.69, 9.17) is 0 Å². The summed E-state index contributed by atoms with van der Waals surface area (Å²) < 4.78 is 0. The van der Waals surface area contributed by atoms with E-state index in [1.54, 1.807) is 18.0 Å². The zero-order valence-electron chi connectivity index (χ0n) is 7.10. The predicted molar refractivity (Wildman–Crippen MR) is 55.1 cm³/mol. The number of nitrogens with zero attached hydrogens (tertiary/aromatic N) is 2. The molecule has 0 aliphatic rings. The van der Waals surface area contributed by atoms with Gasteiger partial charge in [-0.05, 0) is 18.4 Å². The van der Waals surface area contributed by atoms with Crippen LogP contribution >= 0.6 is 11.8 Å². The average Bonchev–Trinajstić information content (AvgIpc) is 2.14. The van der Waals surface area contributed by atoms with Crippen molar-refractivity contribution in [2.24, 2.45) is 4.99 Å². The van der Waals surface area contributed by atoms with Gasteiger partial charge < -0.3 is 0 Å². The van der Waals surface area contributed by atoms with Crippen LogP contribution in [0.15, 0.2) is 29.4 Å². The number of pyridine rings is 1. The largest absolute Gasteiger partial charge is 0.290 e. The van der Waals surface area contributed by atoms with E-state index < -0.39 is 0 Å². The minimum atomic E-state index is 0.873. The highest BCUT2D eigenvalue weighted by molar-refractivity contribution is 7.98. The van der Waals surface area contributed by atoms with Crippen LogP contribution in [-0.2, 0) is 0 Å². The lowest BCUT2D eigenvalue weighted by molar-refractivity contribution is 1.15. The van der Waals surface area contributed by atoms with Gasteiger partial charge in [0.1, 0.15) is 0 Å². The van der Waals surface area contributed by atoms with E-state index in [1.807, 2.05) is 24.4 Å². The number of hydrogen-bond acceptors (Lipinski definition) is 3. The van der Waals surface area contributed by atoms with E-state index in [0.29, 0.717) is 0 Å². The molecule has 0 aliphatic carbocycles. The fourth-order valence-corrected chi connectivity index (χ4v) is 1.04. The van der Waals surface area contributed by atoms with Crippen LogP contribution in [0.25, 0.3) is 0 Å². The molecule has 64 valence electrons. The minimum absolute atomic E-state index is 0.873. The molecule has 0 spiro atoms. The molecule has 0 bridgehead atoms. The maximum Gasteiger partial charge on any atom is 0.0807 e. The fourth-order valence-electron chi connectivity index (χ4n) is 0.754. The zero-order chi connectivity index (χ0) is 8.65. The van der Waals surface area contributed by atoms with Gasteiger partial charge in [-0.2, -0.15) is 11.8 Å². The van der Waals surface area contributed by atoms with Gasteiger partial charge in [0.05, 0.1) is 5.69 Å². The van der Waals surface area contributed by atoms with Crippen molar-refractivity contribution >= 4 is 18.0 Å². The van der Waals surface area contributed by atoms with Crippen molar-refractivity contribution in [3.05, 3.63) is 30.1 Å². The first-order valence-electron chi connectivity index (χ1n) is 3.83. The molecular formula is C9H12N2S. The highest BCUT2D eigenvalue weighted by atomic mass is 32.2. The first-order chi connectivity index (χ1) is 5.93. The monoisotopic (exact) mass is 180 g/mol. The predicted octanol–water partition coefficient (Wildman–Crippen LogP) is 1.86. The lowest BCUT2D eigenvalue weighted by Gasteiger charge is -1.90. The van der Waals surface area contributed by atoms with Gasteiger partial charge in [0.2, 0.25) is 0 Å². The molecule has 0 atom stereocenters. The summed E-state index contributed by atoms with van der Waals surface area (Å²) in [6.45, 7) is 0.873. The number of hydrogen-bond donors (Lipinski definition) is 0. The Balaban J connectivity index is 2.36. The Morgan fingerprint density at radius 2 is 2.50 bits per heavy atom. The summed E-state index contributed by atoms with van der Waals surface area (Å²) in [5, 5.41) is 0. The van der Waals surface area contributed by atoms with Gasteiger partial charge in [-0.3, -0.25) is 9.98 Å². The third-order valence-electron chi connectivity index (χ3n) is 1.34. The van der Waals surface area contributed by atoms with Crippen LogP contribution in [0, 0.1) is 0 Å². The molecule has 0 aliphatic heterocycles. The zero-order valence-corrected chi connectivity index (χ0v) is 7.92. The maximum atomic E-state index is 4.22. The molecule has 1 aromatic heterocycles. The van der Waals surface area contributed by atoms with Crippen molar-refractivity contribution in [3.63, 3.8) is 0 Å². The molecule has 2 nitrogen and oxygen atoms in total. The molecule has 3 heteroatoms. The Bertz CT molecular complexity index is 234. The van der Waals surface area contributed by atoms with Crippen molar-refractivity contribution in [2.45, 2.75) is 0 Å². The van der Waals surface area contributed by atoms with Crippen LogP contribution in [0.4, 0.5) is 0 Å². The van der Waals surface area contributed by atoms with Gasteiger partial charge in [-0.1, -0.05) is 6.07 Å². The van der Waals surface area contributed by atoms with E-state index >= 15 is 0 Å². The van der Waals surface area contributed by atoms with Crippen molar-refractivity contribution < 1.29 is 0 Å². The van der Waals surface area contributed by atoms with Crippen molar-refractivity contribution in [3.8, 4) is 0 Å². The SMILES string of the molecule is CSCC/N=C/c1ccccn1. The van der Waals surface area contributed by atoms with Crippen LogP contribution < -0.4 is 0 Å². The Hall–Kier alpha value is -0.830. The van der Waals surface area contributed by atoms with E-state index in [2.05, 4.69) is 16.2 Å². The van der Waals surface area contributed by atoms with Crippen molar-refractivity contribution in [1.29, 1.82) is 0 Å². The molecule has 12 heavy (non-hydrogen) atoms. The molecular weight excluding hydrogens is 168 g/mol. The van der Waals surface area contributed by atoms with E-state index in [9.17, 15) is 0 Å². The second-order valence-electron chi connectivity index (χ2n) is 2.28. The van der Waals surface area contributed by atoms with Crippen molar-refractivity contribution in [1.82, 2.24) is 4.98 Å². The normalized spacial score (nSPS) is 10.8. The van der Waals surface area contributed by atoms with E-state index in [1.165, 1.54) is 0 Å². The van der Waals surface area contributed by atoms with Gasteiger partial charge in [-0.25, -0.2) is 0 Å². The summed E-state index contributed by atoms with van der Waals surface area (Å²) in [7, 11) is 0. The summed E-state index contributed by atoms with van der Waals surface area (Å²) in [6, 6.07) is 5.81. The van der Waals surface area contributed by atoms with Gasteiger partial charge >= 0.3 is 0 Å². The van der Waals surface area contributed by atoms with Crippen LogP contribution in [-0.4, -0.2) is 29.8 Å². The average molecular weight is 180 g/mol. The number of aromatic nitrogens is 1. The minimum Gasteiger partial charge on any atom is -0.290 e. The quantitative estimate of drug-likeness (QED) is 0.522. The van der Waals surface area contributed by atoms with Crippen molar-refractivity contribution in [2.75, 3.05) is 18.6 Å². The van der Waals surface area contributed by atoms with Gasteiger partial charge in [-0.15, -0.1) is 0 Å². The van der Waals surface area contributed by atoms with Crippen LogP contribution in [0.1, 0.15) is 5.69 Å². The lowest BCUT2D eigenvalue weighted by Crippen LogP contribution is -1.88. The second kappa shape index (κ2) is 5.77. The molecule has 0 aromatic carbocycles. The van der Waals surface area contributed by atoms with Crippen LogP contribution in [0.5, 0.6) is 0 Å².